The van der Waals surface area contributed by atoms with Crippen LogP contribution in [0.4, 0.5) is 0 Å². The van der Waals surface area contributed by atoms with Gasteiger partial charge in [-0.05, 0) is 38.3 Å². The first-order valence-corrected chi connectivity index (χ1v) is 7.43. The van der Waals surface area contributed by atoms with E-state index >= 15 is 0 Å². The molecule has 1 amide bonds. The Balaban J connectivity index is 2.05. The van der Waals surface area contributed by atoms with Gasteiger partial charge in [-0.3, -0.25) is 4.79 Å². The van der Waals surface area contributed by atoms with Crippen molar-refractivity contribution in [1.29, 1.82) is 0 Å². The molecular weight excluding hydrogens is 276 g/mol. The van der Waals surface area contributed by atoms with E-state index in [0.717, 1.165) is 43.4 Å². The number of rotatable bonds is 3. The summed E-state index contributed by atoms with van der Waals surface area (Å²) in [5.41, 5.74) is 1.22. The molecule has 0 saturated heterocycles. The summed E-state index contributed by atoms with van der Waals surface area (Å²) in [5.74, 6) is -0.265. The van der Waals surface area contributed by atoms with Crippen LogP contribution in [0.25, 0.3) is 0 Å². The molecule has 0 aliphatic heterocycles. The molecule has 1 aromatic heterocycles. The van der Waals surface area contributed by atoms with Crippen LogP contribution in [0.2, 0.25) is 5.15 Å². The molecule has 0 spiro atoms. The summed E-state index contributed by atoms with van der Waals surface area (Å²) in [7, 11) is 0. The fourth-order valence-electron chi connectivity index (χ4n) is 2.78. The zero-order valence-electron chi connectivity index (χ0n) is 12.0. The summed E-state index contributed by atoms with van der Waals surface area (Å²) >= 11 is 6.05. The maximum Gasteiger partial charge on any atom is 0.254 e. The van der Waals surface area contributed by atoms with E-state index in [-0.39, 0.29) is 17.6 Å². The van der Waals surface area contributed by atoms with Crippen LogP contribution in [-0.2, 0) is 0 Å². The largest absolute Gasteiger partial charge is 0.388 e. The van der Waals surface area contributed by atoms with Gasteiger partial charge in [-0.2, -0.15) is 0 Å². The summed E-state index contributed by atoms with van der Waals surface area (Å²) in [5, 5.41) is 13.4. The minimum Gasteiger partial charge on any atom is -0.388 e. The van der Waals surface area contributed by atoms with Gasteiger partial charge < -0.3 is 10.4 Å². The highest BCUT2D eigenvalue weighted by Crippen LogP contribution is 2.27. The summed E-state index contributed by atoms with van der Waals surface area (Å²) in [4.78, 5) is 16.3. The third-order valence-corrected chi connectivity index (χ3v) is 4.16. The standard InChI is InChI=1S/C15H21ClN2O2/c1-10-8-11(2)18-13(16)12(10)14(19)17-9-15(20)6-4-3-5-7-15/h8,20H,3-7,9H2,1-2H3,(H,17,19). The van der Waals surface area contributed by atoms with Crippen molar-refractivity contribution < 1.29 is 9.90 Å². The number of pyridine rings is 1. The number of nitrogens with one attached hydrogen (secondary N) is 1. The fraction of sp³-hybridized carbons (Fsp3) is 0.600. The van der Waals surface area contributed by atoms with E-state index in [4.69, 9.17) is 11.6 Å². The van der Waals surface area contributed by atoms with Gasteiger partial charge in [0.1, 0.15) is 5.15 Å². The molecule has 0 radical (unpaired) electrons. The molecular formula is C15H21ClN2O2. The highest BCUT2D eigenvalue weighted by atomic mass is 35.5. The summed E-state index contributed by atoms with van der Waals surface area (Å²) in [6.45, 7) is 3.95. The number of hydrogen-bond donors (Lipinski definition) is 2. The van der Waals surface area contributed by atoms with E-state index in [1.165, 1.54) is 0 Å². The molecule has 1 aliphatic carbocycles. The normalized spacial score (nSPS) is 17.8. The van der Waals surface area contributed by atoms with Crippen molar-refractivity contribution in [1.82, 2.24) is 10.3 Å². The average molecular weight is 297 g/mol. The molecule has 20 heavy (non-hydrogen) atoms. The van der Waals surface area contributed by atoms with Gasteiger partial charge >= 0.3 is 0 Å². The predicted molar refractivity (Wildman–Crippen MR) is 79.1 cm³/mol. The van der Waals surface area contributed by atoms with Crippen LogP contribution in [0, 0.1) is 13.8 Å². The quantitative estimate of drug-likeness (QED) is 0.843. The maximum atomic E-state index is 12.2. The van der Waals surface area contributed by atoms with Crippen molar-refractivity contribution in [3.63, 3.8) is 0 Å². The molecule has 0 atom stereocenters. The molecule has 1 saturated carbocycles. The van der Waals surface area contributed by atoms with Crippen molar-refractivity contribution >= 4 is 17.5 Å². The lowest BCUT2D eigenvalue weighted by atomic mass is 9.85. The summed E-state index contributed by atoms with van der Waals surface area (Å²) in [6, 6.07) is 1.83. The third kappa shape index (κ3) is 3.49. The Kier molecular flexibility index (Phi) is 4.66. The number of aryl methyl sites for hydroxylation is 2. The monoisotopic (exact) mass is 296 g/mol. The van der Waals surface area contributed by atoms with Gasteiger partial charge in [-0.15, -0.1) is 0 Å². The minimum absolute atomic E-state index is 0.218. The Labute approximate surface area is 124 Å². The Hall–Kier alpha value is -1.13. The van der Waals surface area contributed by atoms with E-state index in [1.807, 2.05) is 19.9 Å². The molecule has 0 aromatic carbocycles. The van der Waals surface area contributed by atoms with Crippen LogP contribution in [0.5, 0.6) is 0 Å². The molecule has 5 heteroatoms. The van der Waals surface area contributed by atoms with Crippen LogP contribution in [0.15, 0.2) is 6.07 Å². The second kappa shape index (κ2) is 6.10. The first-order chi connectivity index (χ1) is 9.41. The predicted octanol–water partition coefficient (Wildman–Crippen LogP) is 2.78. The highest BCUT2D eigenvalue weighted by Gasteiger charge is 2.30. The van der Waals surface area contributed by atoms with E-state index in [2.05, 4.69) is 10.3 Å². The van der Waals surface area contributed by atoms with Gasteiger partial charge in [0.15, 0.2) is 0 Å². The first kappa shape index (κ1) is 15.3. The topological polar surface area (TPSA) is 62.2 Å². The highest BCUT2D eigenvalue weighted by molar-refractivity contribution is 6.32. The lowest BCUT2D eigenvalue weighted by Gasteiger charge is -2.32. The Morgan fingerprint density at radius 1 is 1.40 bits per heavy atom. The number of amides is 1. The fourth-order valence-corrected chi connectivity index (χ4v) is 3.15. The summed E-state index contributed by atoms with van der Waals surface area (Å²) < 4.78 is 0. The average Bonchev–Trinajstić information content (AvgIpc) is 2.36. The van der Waals surface area contributed by atoms with E-state index in [9.17, 15) is 9.90 Å². The van der Waals surface area contributed by atoms with Crippen molar-refractivity contribution in [3.8, 4) is 0 Å². The van der Waals surface area contributed by atoms with E-state index < -0.39 is 5.60 Å². The minimum atomic E-state index is -0.771. The van der Waals surface area contributed by atoms with Crippen molar-refractivity contribution in [2.24, 2.45) is 0 Å². The molecule has 110 valence electrons. The van der Waals surface area contributed by atoms with Crippen LogP contribution in [0.3, 0.4) is 0 Å². The van der Waals surface area contributed by atoms with Gasteiger partial charge in [0.25, 0.3) is 5.91 Å². The van der Waals surface area contributed by atoms with Crippen LogP contribution < -0.4 is 5.32 Å². The van der Waals surface area contributed by atoms with Crippen molar-refractivity contribution in [3.05, 3.63) is 28.0 Å². The molecule has 1 aromatic rings. The second-order valence-corrected chi connectivity index (χ2v) is 6.07. The van der Waals surface area contributed by atoms with Gasteiger partial charge in [0, 0.05) is 12.2 Å². The first-order valence-electron chi connectivity index (χ1n) is 7.06. The molecule has 2 N–H and O–H groups in total. The second-order valence-electron chi connectivity index (χ2n) is 5.71. The lowest BCUT2D eigenvalue weighted by Crippen LogP contribution is -2.44. The van der Waals surface area contributed by atoms with Crippen LogP contribution >= 0.6 is 11.6 Å². The third-order valence-electron chi connectivity index (χ3n) is 3.89. The molecule has 1 fully saturated rings. The Morgan fingerprint density at radius 3 is 2.65 bits per heavy atom. The number of carbonyl (C=O) groups is 1. The van der Waals surface area contributed by atoms with Gasteiger partial charge in [0.05, 0.1) is 11.2 Å². The number of aliphatic hydroxyl groups is 1. The number of nitrogens with zero attached hydrogens (tertiary/aromatic N) is 1. The Morgan fingerprint density at radius 2 is 2.05 bits per heavy atom. The van der Waals surface area contributed by atoms with Crippen LogP contribution in [-0.4, -0.2) is 28.1 Å². The smallest absolute Gasteiger partial charge is 0.254 e. The number of hydrogen-bond acceptors (Lipinski definition) is 3. The zero-order chi connectivity index (χ0) is 14.8. The number of aromatic nitrogens is 1. The van der Waals surface area contributed by atoms with Gasteiger partial charge in [-0.1, -0.05) is 30.9 Å². The SMILES string of the molecule is Cc1cc(C)c(C(=O)NCC2(O)CCCCC2)c(Cl)n1. The molecule has 1 aliphatic rings. The van der Waals surface area contributed by atoms with Crippen LogP contribution in [0.1, 0.15) is 53.7 Å². The zero-order valence-corrected chi connectivity index (χ0v) is 12.8. The maximum absolute atomic E-state index is 12.2. The lowest BCUT2D eigenvalue weighted by molar-refractivity contribution is 0.00524. The van der Waals surface area contributed by atoms with Gasteiger partial charge in [-0.25, -0.2) is 4.98 Å². The summed E-state index contributed by atoms with van der Waals surface area (Å²) in [6.07, 6.45) is 4.66. The number of halogens is 1. The molecule has 2 rings (SSSR count). The Bertz CT molecular complexity index is 488. The molecule has 4 nitrogen and oxygen atoms in total. The molecule has 0 unspecified atom stereocenters. The van der Waals surface area contributed by atoms with E-state index in [1.54, 1.807) is 0 Å². The van der Waals surface area contributed by atoms with E-state index in [0.29, 0.717) is 5.56 Å². The molecule has 1 heterocycles. The van der Waals surface area contributed by atoms with Gasteiger partial charge in [0.2, 0.25) is 0 Å². The van der Waals surface area contributed by atoms with Crippen molar-refractivity contribution in [2.45, 2.75) is 51.6 Å². The van der Waals surface area contributed by atoms with Crippen molar-refractivity contribution in [2.75, 3.05) is 6.54 Å². The molecule has 0 bridgehead atoms. The number of carbonyl (C=O) groups excluding carboxylic acids is 1.